The molecule has 8 heteroatoms. The van der Waals surface area contributed by atoms with Crippen LogP contribution < -0.4 is 14.2 Å². The Morgan fingerprint density at radius 1 is 0.868 bits per heavy atom. The molecule has 192 valence electrons. The third kappa shape index (κ3) is 5.71. The minimum Gasteiger partial charge on any atom is -0.493 e. The number of benzene rings is 4. The summed E-state index contributed by atoms with van der Waals surface area (Å²) < 4.78 is 18.1. The number of ether oxygens (including phenoxy) is 3. The van der Waals surface area contributed by atoms with Crippen molar-refractivity contribution in [2.75, 3.05) is 20.3 Å². The summed E-state index contributed by atoms with van der Waals surface area (Å²) in [6.45, 7) is 0.649. The van der Waals surface area contributed by atoms with Gasteiger partial charge in [0, 0.05) is 10.0 Å². The van der Waals surface area contributed by atoms with Crippen LogP contribution in [0.4, 0.5) is 4.79 Å². The zero-order valence-electron chi connectivity index (χ0n) is 20.6. The third-order valence-electron chi connectivity index (χ3n) is 6.04. The molecule has 4 aromatic carbocycles. The van der Waals surface area contributed by atoms with Crippen LogP contribution in [-0.4, -0.2) is 36.3 Å². The first kappa shape index (κ1) is 25.9. The van der Waals surface area contributed by atoms with Gasteiger partial charge >= 0.3 is 0 Å². The summed E-state index contributed by atoms with van der Waals surface area (Å²) in [7, 11) is 1.56. The highest BCUT2D eigenvalue weighted by Crippen LogP contribution is 2.35. The average Bonchev–Trinajstić information content (AvgIpc) is 3.20. The molecule has 0 aliphatic carbocycles. The number of hydrogen-bond acceptors (Lipinski definition) is 6. The third-order valence-corrected chi connectivity index (χ3v) is 7.44. The average molecular weight is 590 g/mol. The molecule has 1 aliphatic heterocycles. The number of thioether (sulfide) groups is 1. The molecular formula is C30H24BrNO5S. The number of nitrogens with zero attached hydrogens (tertiary/aromatic N) is 1. The number of methoxy groups -OCH3 is 1. The Morgan fingerprint density at radius 3 is 2.47 bits per heavy atom. The summed E-state index contributed by atoms with van der Waals surface area (Å²) in [6, 6.07) is 27.1. The van der Waals surface area contributed by atoms with Gasteiger partial charge in [0.25, 0.3) is 11.1 Å². The van der Waals surface area contributed by atoms with Crippen LogP contribution in [-0.2, 0) is 11.4 Å². The summed E-state index contributed by atoms with van der Waals surface area (Å²) in [5.74, 6) is 1.41. The fourth-order valence-corrected chi connectivity index (χ4v) is 5.39. The van der Waals surface area contributed by atoms with Crippen molar-refractivity contribution < 1.29 is 23.8 Å². The number of amides is 2. The predicted octanol–water partition coefficient (Wildman–Crippen LogP) is 7.31. The van der Waals surface area contributed by atoms with Crippen LogP contribution >= 0.6 is 27.7 Å². The molecule has 0 atom stereocenters. The lowest BCUT2D eigenvalue weighted by molar-refractivity contribution is -0.123. The van der Waals surface area contributed by atoms with Gasteiger partial charge in [0.05, 0.1) is 18.6 Å². The van der Waals surface area contributed by atoms with E-state index in [1.807, 2.05) is 54.6 Å². The van der Waals surface area contributed by atoms with E-state index in [0.717, 1.165) is 32.6 Å². The quantitative estimate of drug-likeness (QED) is 0.191. The maximum absolute atomic E-state index is 13.1. The molecule has 1 heterocycles. The van der Waals surface area contributed by atoms with Crippen LogP contribution in [0.5, 0.6) is 17.2 Å². The maximum Gasteiger partial charge on any atom is 0.293 e. The van der Waals surface area contributed by atoms with Gasteiger partial charge in [-0.15, -0.1) is 0 Å². The van der Waals surface area contributed by atoms with E-state index >= 15 is 0 Å². The first-order chi connectivity index (χ1) is 18.5. The van der Waals surface area contributed by atoms with Crippen molar-refractivity contribution in [2.45, 2.75) is 6.61 Å². The number of imide groups is 1. The fraction of sp³-hybridized carbons (Fsp3) is 0.133. The van der Waals surface area contributed by atoms with E-state index in [0.29, 0.717) is 34.3 Å². The summed E-state index contributed by atoms with van der Waals surface area (Å²) in [4.78, 5) is 27.3. The zero-order chi connectivity index (χ0) is 26.5. The highest BCUT2D eigenvalue weighted by atomic mass is 79.9. The van der Waals surface area contributed by atoms with Crippen LogP contribution in [0.15, 0.2) is 94.3 Å². The number of carbonyl (C=O) groups is 2. The first-order valence-corrected chi connectivity index (χ1v) is 13.5. The van der Waals surface area contributed by atoms with Crippen molar-refractivity contribution in [3.8, 4) is 17.2 Å². The Bertz CT molecular complexity index is 1530. The number of fused-ring (bicyclic) bond motifs is 1. The number of halogens is 1. The molecule has 0 N–H and O–H groups in total. The van der Waals surface area contributed by atoms with Crippen molar-refractivity contribution in [1.82, 2.24) is 4.90 Å². The summed E-state index contributed by atoms with van der Waals surface area (Å²) in [5, 5.41) is 1.94. The molecule has 1 saturated heterocycles. The summed E-state index contributed by atoms with van der Waals surface area (Å²) >= 11 is 4.41. The van der Waals surface area contributed by atoms with Gasteiger partial charge in [0.1, 0.15) is 19.0 Å². The van der Waals surface area contributed by atoms with Crippen molar-refractivity contribution >= 4 is 55.7 Å². The number of rotatable bonds is 9. The van der Waals surface area contributed by atoms with Gasteiger partial charge in [0.2, 0.25) is 0 Å². The molecule has 4 aromatic rings. The summed E-state index contributed by atoms with van der Waals surface area (Å²) in [5.41, 5.74) is 1.77. The molecule has 5 rings (SSSR count). The van der Waals surface area contributed by atoms with E-state index in [4.69, 9.17) is 14.2 Å². The van der Waals surface area contributed by atoms with Gasteiger partial charge in [0.15, 0.2) is 11.5 Å². The topological polar surface area (TPSA) is 65.1 Å². The lowest BCUT2D eigenvalue weighted by Crippen LogP contribution is -2.32. The SMILES string of the molecule is COc1ccccc1OCCN1C(=O)S/C(=C\c2cc(Br)ccc2OCc2cccc3ccccc23)C1=O. The molecule has 0 spiro atoms. The number of para-hydroxylation sites is 2. The fourth-order valence-electron chi connectivity index (χ4n) is 4.16. The molecule has 6 nitrogen and oxygen atoms in total. The molecule has 2 amide bonds. The largest absolute Gasteiger partial charge is 0.493 e. The highest BCUT2D eigenvalue weighted by Gasteiger charge is 2.35. The maximum atomic E-state index is 13.1. The van der Waals surface area contributed by atoms with Crippen molar-refractivity contribution in [1.29, 1.82) is 0 Å². The van der Waals surface area contributed by atoms with Crippen LogP contribution in [0.25, 0.3) is 16.8 Å². The van der Waals surface area contributed by atoms with Gasteiger partial charge < -0.3 is 14.2 Å². The van der Waals surface area contributed by atoms with E-state index in [1.54, 1.807) is 25.3 Å². The lowest BCUT2D eigenvalue weighted by Gasteiger charge is -2.14. The van der Waals surface area contributed by atoms with E-state index in [-0.39, 0.29) is 24.3 Å². The van der Waals surface area contributed by atoms with E-state index < -0.39 is 0 Å². The Hall–Kier alpha value is -3.75. The minimum absolute atomic E-state index is 0.128. The van der Waals surface area contributed by atoms with E-state index in [2.05, 4.69) is 34.1 Å². The minimum atomic E-state index is -0.358. The van der Waals surface area contributed by atoms with Gasteiger partial charge in [-0.05, 0) is 64.5 Å². The van der Waals surface area contributed by atoms with Crippen LogP contribution in [0.3, 0.4) is 0 Å². The predicted molar refractivity (Wildman–Crippen MR) is 154 cm³/mol. The molecule has 0 radical (unpaired) electrons. The first-order valence-electron chi connectivity index (χ1n) is 11.9. The molecular weight excluding hydrogens is 566 g/mol. The monoisotopic (exact) mass is 589 g/mol. The van der Waals surface area contributed by atoms with Crippen molar-refractivity contribution in [2.24, 2.45) is 0 Å². The van der Waals surface area contributed by atoms with Crippen molar-refractivity contribution in [3.63, 3.8) is 0 Å². The molecule has 0 unspecified atom stereocenters. The lowest BCUT2D eigenvalue weighted by atomic mass is 10.1. The second-order valence-corrected chi connectivity index (χ2v) is 10.4. The second kappa shape index (κ2) is 11.8. The van der Waals surface area contributed by atoms with Gasteiger partial charge in [-0.1, -0.05) is 70.5 Å². The second-order valence-electron chi connectivity index (χ2n) is 8.44. The van der Waals surface area contributed by atoms with Crippen LogP contribution in [0.2, 0.25) is 0 Å². The molecule has 0 saturated carbocycles. The summed E-state index contributed by atoms with van der Waals surface area (Å²) in [6.07, 6.45) is 1.70. The van der Waals surface area contributed by atoms with Gasteiger partial charge in [-0.2, -0.15) is 0 Å². The number of hydrogen-bond donors (Lipinski definition) is 0. The van der Waals surface area contributed by atoms with Crippen LogP contribution in [0, 0.1) is 0 Å². The Balaban J connectivity index is 1.30. The molecule has 38 heavy (non-hydrogen) atoms. The normalized spacial score (nSPS) is 14.4. The van der Waals surface area contributed by atoms with E-state index in [9.17, 15) is 9.59 Å². The van der Waals surface area contributed by atoms with E-state index in [1.165, 1.54) is 4.90 Å². The molecule has 0 bridgehead atoms. The highest BCUT2D eigenvalue weighted by molar-refractivity contribution is 9.10. The van der Waals surface area contributed by atoms with Crippen LogP contribution in [0.1, 0.15) is 11.1 Å². The Morgan fingerprint density at radius 2 is 1.63 bits per heavy atom. The Labute approximate surface area is 233 Å². The van der Waals surface area contributed by atoms with Crippen molar-refractivity contribution in [3.05, 3.63) is 105 Å². The zero-order valence-corrected chi connectivity index (χ0v) is 23.0. The molecule has 0 aromatic heterocycles. The van der Waals surface area contributed by atoms with Gasteiger partial charge in [-0.3, -0.25) is 14.5 Å². The molecule has 1 fully saturated rings. The smallest absolute Gasteiger partial charge is 0.293 e. The Kier molecular flexibility index (Phi) is 8.00. The molecule has 1 aliphatic rings. The van der Waals surface area contributed by atoms with Gasteiger partial charge in [-0.25, -0.2) is 0 Å². The number of carbonyl (C=O) groups excluding carboxylic acids is 2. The standard InChI is InChI=1S/C30H24BrNO5S/c1-35-26-11-4-5-12-27(26)36-16-15-32-29(33)28(38-30(32)34)18-22-17-23(31)13-14-25(22)37-19-21-9-6-8-20-7-2-3-10-24(20)21/h2-14,17-18H,15-16,19H2,1H3/b28-18-.